The van der Waals surface area contributed by atoms with Gasteiger partial charge in [-0.1, -0.05) is 44.2 Å². The van der Waals surface area contributed by atoms with Gasteiger partial charge in [0.25, 0.3) is 11.5 Å². The Bertz CT molecular complexity index is 1280. The monoisotopic (exact) mass is 466 g/mol. The molecule has 0 saturated heterocycles. The van der Waals surface area contributed by atoms with Crippen molar-refractivity contribution < 1.29 is 19.4 Å². The number of hydrogen-bond acceptors (Lipinski definition) is 7. The maximum Gasteiger partial charge on any atom is 0.338 e. The molecule has 10 heteroatoms. The fraction of sp³-hybridized carbons (Fsp3) is 0.250. The molecule has 0 fully saturated rings. The molecule has 0 spiro atoms. The van der Waals surface area contributed by atoms with Gasteiger partial charge in [-0.15, -0.1) is 0 Å². The zero-order valence-corrected chi connectivity index (χ0v) is 18.9. The van der Waals surface area contributed by atoms with Crippen LogP contribution >= 0.6 is 0 Å². The molecule has 0 bridgehead atoms. The fourth-order valence-electron chi connectivity index (χ4n) is 3.33. The van der Waals surface area contributed by atoms with Crippen molar-refractivity contribution in [1.82, 2.24) is 9.55 Å². The number of aromatic nitrogens is 2. The van der Waals surface area contributed by atoms with Crippen molar-refractivity contribution in [2.45, 2.75) is 20.4 Å². The summed E-state index contributed by atoms with van der Waals surface area (Å²) >= 11 is 0. The maximum absolute atomic E-state index is 13.0. The van der Waals surface area contributed by atoms with Crippen LogP contribution in [0.4, 0.5) is 11.5 Å². The summed E-state index contributed by atoms with van der Waals surface area (Å²) in [6.07, 6.45) is 0. The van der Waals surface area contributed by atoms with Crippen molar-refractivity contribution in [2.24, 2.45) is 5.92 Å². The number of aromatic hydroxyl groups is 1. The second kappa shape index (κ2) is 10.5. The number of esters is 1. The summed E-state index contributed by atoms with van der Waals surface area (Å²) < 4.78 is 6.29. The van der Waals surface area contributed by atoms with Gasteiger partial charge in [0.2, 0.25) is 0 Å². The van der Waals surface area contributed by atoms with Crippen molar-refractivity contribution >= 4 is 23.4 Å². The smallest absolute Gasteiger partial charge is 0.338 e. The number of carbonyl (C=O) groups is 2. The second-order valence-corrected chi connectivity index (χ2v) is 8.09. The Morgan fingerprint density at radius 2 is 1.74 bits per heavy atom. The van der Waals surface area contributed by atoms with Crippen LogP contribution in [0.2, 0.25) is 0 Å². The van der Waals surface area contributed by atoms with Gasteiger partial charge in [0.05, 0.1) is 12.1 Å². The number of ether oxygens (including phenoxy) is 1. The van der Waals surface area contributed by atoms with Crippen LogP contribution in [-0.2, 0) is 16.1 Å². The molecule has 34 heavy (non-hydrogen) atoms. The number of anilines is 2. The fourth-order valence-corrected chi connectivity index (χ4v) is 3.33. The van der Waals surface area contributed by atoms with E-state index in [4.69, 9.17) is 10.5 Å². The lowest BCUT2D eigenvalue weighted by Crippen LogP contribution is -2.44. The molecule has 0 aliphatic heterocycles. The summed E-state index contributed by atoms with van der Waals surface area (Å²) in [5.74, 6) is -1.70. The molecule has 3 rings (SSSR count). The van der Waals surface area contributed by atoms with Gasteiger partial charge in [-0.2, -0.15) is 0 Å². The minimum absolute atomic E-state index is 0.0175. The molecule has 0 aliphatic rings. The Kier molecular flexibility index (Phi) is 7.52. The van der Waals surface area contributed by atoms with Crippen molar-refractivity contribution in [2.75, 3.05) is 23.8 Å². The van der Waals surface area contributed by atoms with E-state index in [2.05, 4.69) is 4.98 Å². The Morgan fingerprint density at radius 3 is 2.35 bits per heavy atom. The molecule has 2 aromatic carbocycles. The van der Waals surface area contributed by atoms with Crippen molar-refractivity contribution in [1.29, 1.82) is 0 Å². The van der Waals surface area contributed by atoms with Gasteiger partial charge < -0.3 is 20.5 Å². The van der Waals surface area contributed by atoms with Crippen LogP contribution in [0.25, 0.3) is 0 Å². The van der Waals surface area contributed by atoms with E-state index in [0.29, 0.717) is 0 Å². The highest BCUT2D eigenvalue weighted by Gasteiger charge is 2.26. The van der Waals surface area contributed by atoms with Crippen LogP contribution in [0.3, 0.4) is 0 Å². The number of rotatable bonds is 8. The summed E-state index contributed by atoms with van der Waals surface area (Å²) in [6.45, 7) is 3.23. The van der Waals surface area contributed by atoms with E-state index >= 15 is 0 Å². The first-order valence-corrected chi connectivity index (χ1v) is 10.6. The summed E-state index contributed by atoms with van der Waals surface area (Å²) in [5, 5.41) is 9.34. The van der Waals surface area contributed by atoms with Crippen LogP contribution in [0.5, 0.6) is 5.75 Å². The molecule has 0 radical (unpaired) electrons. The average molecular weight is 466 g/mol. The van der Waals surface area contributed by atoms with Gasteiger partial charge in [-0.05, 0) is 35.7 Å². The minimum Gasteiger partial charge on any atom is -0.508 e. The molecular weight excluding hydrogens is 440 g/mol. The van der Waals surface area contributed by atoms with E-state index in [1.54, 1.807) is 24.3 Å². The standard InChI is InChI=1S/C24H26N4O6/c1-15(2)12-27(19(30)14-34-23(32)17-8-10-18(29)11-9-17)20-21(25)28(24(33)26-22(20)31)13-16-6-4-3-5-7-16/h3-11,15,29H,12-14,25H2,1-2H3,(H,26,31,33). The summed E-state index contributed by atoms with van der Waals surface area (Å²) in [4.78, 5) is 53.8. The molecule has 10 nitrogen and oxygen atoms in total. The van der Waals surface area contributed by atoms with Gasteiger partial charge in [0, 0.05) is 6.54 Å². The van der Waals surface area contributed by atoms with E-state index in [0.717, 1.165) is 10.5 Å². The number of carbonyl (C=O) groups excluding carboxylic acids is 2. The first kappa shape index (κ1) is 24.3. The highest BCUT2D eigenvalue weighted by atomic mass is 16.5. The molecule has 0 atom stereocenters. The van der Waals surface area contributed by atoms with Gasteiger partial charge >= 0.3 is 11.7 Å². The number of nitrogens with one attached hydrogen (secondary N) is 1. The molecule has 1 aromatic heterocycles. The number of phenolic OH excluding ortho intramolecular Hbond substituents is 1. The lowest BCUT2D eigenvalue weighted by Gasteiger charge is -2.26. The molecular formula is C24H26N4O6. The molecule has 0 saturated carbocycles. The van der Waals surface area contributed by atoms with E-state index < -0.39 is 29.7 Å². The van der Waals surface area contributed by atoms with Gasteiger partial charge in [-0.3, -0.25) is 19.1 Å². The van der Waals surface area contributed by atoms with Crippen molar-refractivity contribution in [3.8, 4) is 5.75 Å². The number of H-pyrrole nitrogens is 1. The predicted octanol–water partition coefficient (Wildman–Crippen LogP) is 1.72. The number of nitrogen functional groups attached to an aromatic ring is 1. The van der Waals surface area contributed by atoms with Crippen LogP contribution in [0.15, 0.2) is 64.2 Å². The molecule has 1 amide bonds. The Hall–Kier alpha value is -4.34. The summed E-state index contributed by atoms with van der Waals surface area (Å²) in [7, 11) is 0. The van der Waals surface area contributed by atoms with E-state index in [1.165, 1.54) is 28.8 Å². The van der Waals surface area contributed by atoms with E-state index in [-0.39, 0.29) is 41.8 Å². The summed E-state index contributed by atoms with van der Waals surface area (Å²) in [6, 6.07) is 14.4. The SMILES string of the molecule is CC(C)CN(C(=O)COC(=O)c1ccc(O)cc1)c1c(N)n(Cc2ccccc2)c(=O)[nH]c1=O. The van der Waals surface area contributed by atoms with Crippen molar-refractivity contribution in [3.05, 3.63) is 86.6 Å². The third kappa shape index (κ3) is 5.71. The first-order chi connectivity index (χ1) is 16.2. The Balaban J connectivity index is 1.90. The maximum atomic E-state index is 13.0. The second-order valence-electron chi connectivity index (χ2n) is 8.09. The largest absolute Gasteiger partial charge is 0.508 e. The molecule has 3 aromatic rings. The zero-order valence-electron chi connectivity index (χ0n) is 18.9. The third-order valence-electron chi connectivity index (χ3n) is 4.95. The third-order valence-corrected chi connectivity index (χ3v) is 4.95. The highest BCUT2D eigenvalue weighted by molar-refractivity contribution is 5.98. The number of nitrogens with two attached hydrogens (primary N) is 1. The highest BCUT2D eigenvalue weighted by Crippen LogP contribution is 2.20. The lowest BCUT2D eigenvalue weighted by molar-refractivity contribution is -0.121. The quantitative estimate of drug-likeness (QED) is 0.428. The lowest BCUT2D eigenvalue weighted by atomic mass is 10.2. The number of hydrogen-bond donors (Lipinski definition) is 3. The Morgan fingerprint density at radius 1 is 1.09 bits per heavy atom. The van der Waals surface area contributed by atoms with Crippen LogP contribution < -0.4 is 21.9 Å². The molecule has 0 aliphatic carbocycles. The van der Waals surface area contributed by atoms with Crippen molar-refractivity contribution in [3.63, 3.8) is 0 Å². The van der Waals surface area contributed by atoms with Gasteiger partial charge in [-0.25, -0.2) is 9.59 Å². The molecule has 4 N–H and O–H groups in total. The number of benzene rings is 2. The minimum atomic E-state index is -0.814. The zero-order chi connectivity index (χ0) is 24.8. The van der Waals surface area contributed by atoms with E-state index in [1.807, 2.05) is 19.9 Å². The van der Waals surface area contributed by atoms with Crippen LogP contribution in [0.1, 0.15) is 29.8 Å². The van der Waals surface area contributed by atoms with E-state index in [9.17, 15) is 24.3 Å². The number of aromatic amines is 1. The normalized spacial score (nSPS) is 10.8. The first-order valence-electron chi connectivity index (χ1n) is 10.6. The molecule has 178 valence electrons. The van der Waals surface area contributed by atoms with Gasteiger partial charge in [0.15, 0.2) is 12.3 Å². The summed E-state index contributed by atoms with van der Waals surface area (Å²) in [5.41, 5.74) is 5.45. The number of phenols is 1. The molecule has 0 unspecified atom stereocenters. The number of nitrogens with zero attached hydrogens (tertiary/aromatic N) is 2. The number of amides is 1. The van der Waals surface area contributed by atoms with Gasteiger partial charge in [0.1, 0.15) is 11.6 Å². The van der Waals surface area contributed by atoms with Crippen LogP contribution in [-0.4, -0.2) is 39.7 Å². The predicted molar refractivity (Wildman–Crippen MR) is 127 cm³/mol. The topological polar surface area (TPSA) is 148 Å². The molecule has 1 heterocycles. The van der Waals surface area contributed by atoms with Crippen LogP contribution in [0, 0.1) is 5.92 Å². The Labute approximate surface area is 195 Å². The average Bonchev–Trinajstić information content (AvgIpc) is 2.80.